The fourth-order valence-corrected chi connectivity index (χ4v) is 4.33. The molecule has 0 radical (unpaired) electrons. The van der Waals surface area contributed by atoms with E-state index in [9.17, 15) is 0 Å². The van der Waals surface area contributed by atoms with Crippen LogP contribution in [0.4, 0.5) is 0 Å². The van der Waals surface area contributed by atoms with Crippen molar-refractivity contribution in [3.05, 3.63) is 0 Å². The molecule has 0 spiro atoms. The van der Waals surface area contributed by atoms with Crippen molar-refractivity contribution in [3.8, 4) is 0 Å². The first-order valence-corrected chi connectivity index (χ1v) is 9.34. The van der Waals surface area contributed by atoms with Gasteiger partial charge in [-0.15, -0.1) is 0 Å². The average molecular weight is 296 g/mol. The van der Waals surface area contributed by atoms with Crippen molar-refractivity contribution in [2.75, 3.05) is 45.8 Å². The molecule has 0 bridgehead atoms. The van der Waals surface area contributed by atoms with Crippen LogP contribution < -0.4 is 0 Å². The molecular formula is C18H37N3. The normalized spacial score (nSPS) is 30.9. The lowest BCUT2D eigenvalue weighted by Crippen LogP contribution is -2.57. The minimum Gasteiger partial charge on any atom is -0.304 e. The Bertz CT molecular complexity index is 274. The molecule has 0 saturated carbocycles. The van der Waals surface area contributed by atoms with Gasteiger partial charge in [0, 0.05) is 25.2 Å². The van der Waals surface area contributed by atoms with Crippen LogP contribution >= 0.6 is 0 Å². The molecule has 0 amide bonds. The van der Waals surface area contributed by atoms with Crippen molar-refractivity contribution < 1.29 is 0 Å². The van der Waals surface area contributed by atoms with Gasteiger partial charge in [0.2, 0.25) is 0 Å². The van der Waals surface area contributed by atoms with Crippen molar-refractivity contribution in [2.45, 2.75) is 65.5 Å². The van der Waals surface area contributed by atoms with E-state index in [2.05, 4.69) is 42.4 Å². The highest BCUT2D eigenvalue weighted by Crippen LogP contribution is 2.23. The van der Waals surface area contributed by atoms with Gasteiger partial charge in [0.1, 0.15) is 0 Å². The van der Waals surface area contributed by atoms with E-state index in [0.29, 0.717) is 0 Å². The number of nitrogens with zero attached hydrogens (tertiary/aromatic N) is 3. The third-order valence-electron chi connectivity index (χ3n) is 5.67. The van der Waals surface area contributed by atoms with Crippen LogP contribution in [0.15, 0.2) is 0 Å². The van der Waals surface area contributed by atoms with Crippen LogP contribution in [0.3, 0.4) is 0 Å². The summed E-state index contributed by atoms with van der Waals surface area (Å²) in [5.74, 6) is 0.973. The van der Waals surface area contributed by atoms with Gasteiger partial charge in [0.05, 0.1) is 0 Å². The molecule has 21 heavy (non-hydrogen) atoms. The molecule has 0 N–H and O–H groups in total. The number of hydrogen-bond donors (Lipinski definition) is 0. The molecule has 0 aliphatic carbocycles. The van der Waals surface area contributed by atoms with Crippen molar-refractivity contribution in [2.24, 2.45) is 5.92 Å². The average Bonchev–Trinajstić information content (AvgIpc) is 2.47. The second-order valence-corrected chi connectivity index (χ2v) is 7.36. The molecule has 2 rings (SSSR count). The first-order valence-electron chi connectivity index (χ1n) is 9.34. The van der Waals surface area contributed by atoms with E-state index in [4.69, 9.17) is 0 Å². The molecule has 2 atom stereocenters. The van der Waals surface area contributed by atoms with Crippen LogP contribution in [0.5, 0.6) is 0 Å². The number of piperazine rings is 1. The second kappa shape index (κ2) is 8.50. The van der Waals surface area contributed by atoms with Gasteiger partial charge in [-0.05, 0) is 78.2 Å². The molecule has 124 valence electrons. The third kappa shape index (κ3) is 4.94. The molecule has 0 aromatic heterocycles. The smallest absolute Gasteiger partial charge is 0.0198 e. The Hall–Kier alpha value is -0.120. The molecule has 0 aromatic carbocycles. The second-order valence-electron chi connectivity index (χ2n) is 7.36. The summed E-state index contributed by atoms with van der Waals surface area (Å²) in [6, 6.07) is 1.46. The van der Waals surface area contributed by atoms with Crippen LogP contribution in [0.2, 0.25) is 0 Å². The fourth-order valence-electron chi connectivity index (χ4n) is 4.33. The molecule has 2 aliphatic heterocycles. The first-order chi connectivity index (χ1) is 10.1. The van der Waals surface area contributed by atoms with Crippen LogP contribution in [0.25, 0.3) is 0 Å². The van der Waals surface area contributed by atoms with Gasteiger partial charge in [-0.1, -0.05) is 13.8 Å². The fraction of sp³-hybridized carbons (Fsp3) is 1.00. The highest BCUT2D eigenvalue weighted by Gasteiger charge is 2.29. The Kier molecular flexibility index (Phi) is 6.97. The van der Waals surface area contributed by atoms with E-state index < -0.39 is 0 Å². The topological polar surface area (TPSA) is 9.72 Å². The summed E-state index contributed by atoms with van der Waals surface area (Å²) in [6.45, 7) is 18.5. The lowest BCUT2D eigenvalue weighted by atomic mass is 9.92. The number of likely N-dealkylation sites (tertiary alicyclic amines) is 1. The largest absolute Gasteiger partial charge is 0.304 e. The lowest BCUT2D eigenvalue weighted by Gasteiger charge is -2.45. The van der Waals surface area contributed by atoms with Crippen molar-refractivity contribution in [1.82, 2.24) is 14.7 Å². The Balaban J connectivity index is 1.73. The summed E-state index contributed by atoms with van der Waals surface area (Å²) < 4.78 is 0. The van der Waals surface area contributed by atoms with Crippen molar-refractivity contribution in [1.29, 1.82) is 0 Å². The summed E-state index contributed by atoms with van der Waals surface area (Å²) in [5.41, 5.74) is 0. The van der Waals surface area contributed by atoms with E-state index in [0.717, 1.165) is 18.0 Å². The third-order valence-corrected chi connectivity index (χ3v) is 5.67. The van der Waals surface area contributed by atoms with Gasteiger partial charge < -0.3 is 9.80 Å². The van der Waals surface area contributed by atoms with Gasteiger partial charge >= 0.3 is 0 Å². The van der Waals surface area contributed by atoms with Gasteiger partial charge in [0.25, 0.3) is 0 Å². The maximum atomic E-state index is 2.78. The van der Waals surface area contributed by atoms with Crippen LogP contribution in [-0.2, 0) is 0 Å². The van der Waals surface area contributed by atoms with E-state index in [1.165, 1.54) is 71.5 Å². The number of hydrogen-bond acceptors (Lipinski definition) is 3. The number of rotatable bonds is 6. The highest BCUT2D eigenvalue weighted by molar-refractivity contribution is 4.85. The van der Waals surface area contributed by atoms with Crippen LogP contribution in [0, 0.1) is 5.92 Å². The zero-order chi connectivity index (χ0) is 15.2. The Labute approximate surface area is 132 Å². The van der Waals surface area contributed by atoms with E-state index >= 15 is 0 Å². The summed E-state index contributed by atoms with van der Waals surface area (Å²) >= 11 is 0. The Morgan fingerprint density at radius 1 is 0.857 bits per heavy atom. The minimum absolute atomic E-state index is 0.732. The molecular weight excluding hydrogens is 258 g/mol. The quantitative estimate of drug-likeness (QED) is 0.746. The summed E-state index contributed by atoms with van der Waals surface area (Å²) in [6.07, 6.45) is 5.55. The molecule has 3 nitrogen and oxygen atoms in total. The standard InChI is InChI=1S/C18H37N3/c1-5-10-20-14-16(3)21(17(4)15-20)13-9-18-7-11-19(6-2)12-8-18/h16-18H,5-15H2,1-4H3/t16-,17-/m1/s1. The van der Waals surface area contributed by atoms with E-state index in [1.807, 2.05) is 0 Å². The molecule has 2 saturated heterocycles. The highest BCUT2D eigenvalue weighted by atomic mass is 15.3. The summed E-state index contributed by atoms with van der Waals surface area (Å²) in [5, 5.41) is 0. The van der Waals surface area contributed by atoms with Gasteiger partial charge in [0.15, 0.2) is 0 Å². The monoisotopic (exact) mass is 295 g/mol. The predicted octanol–water partition coefficient (Wildman–Crippen LogP) is 2.91. The zero-order valence-corrected chi connectivity index (χ0v) is 14.9. The molecule has 0 unspecified atom stereocenters. The first kappa shape index (κ1) is 17.2. The van der Waals surface area contributed by atoms with Crippen molar-refractivity contribution >= 4 is 0 Å². The minimum atomic E-state index is 0.732. The summed E-state index contributed by atoms with van der Waals surface area (Å²) in [4.78, 5) is 8.04. The predicted molar refractivity (Wildman–Crippen MR) is 91.8 cm³/mol. The molecule has 2 fully saturated rings. The number of piperidine rings is 1. The van der Waals surface area contributed by atoms with E-state index in [1.54, 1.807) is 0 Å². The molecule has 2 heterocycles. The van der Waals surface area contributed by atoms with Crippen molar-refractivity contribution in [3.63, 3.8) is 0 Å². The molecule has 3 heteroatoms. The summed E-state index contributed by atoms with van der Waals surface area (Å²) in [7, 11) is 0. The Morgan fingerprint density at radius 2 is 1.48 bits per heavy atom. The zero-order valence-electron chi connectivity index (χ0n) is 14.9. The van der Waals surface area contributed by atoms with Crippen LogP contribution in [0.1, 0.15) is 53.4 Å². The van der Waals surface area contributed by atoms with Gasteiger partial charge in [-0.2, -0.15) is 0 Å². The van der Waals surface area contributed by atoms with Gasteiger partial charge in [-0.3, -0.25) is 4.90 Å². The lowest BCUT2D eigenvalue weighted by molar-refractivity contribution is 0.0322. The Morgan fingerprint density at radius 3 is 2.00 bits per heavy atom. The maximum Gasteiger partial charge on any atom is 0.0198 e. The maximum absolute atomic E-state index is 2.78. The molecule has 2 aliphatic rings. The molecule has 0 aromatic rings. The van der Waals surface area contributed by atoms with E-state index in [-0.39, 0.29) is 0 Å². The van der Waals surface area contributed by atoms with Gasteiger partial charge in [-0.25, -0.2) is 0 Å². The SMILES string of the molecule is CCCN1C[C@@H](C)N(CCC2CCN(CC)CC2)[C@H](C)C1. The van der Waals surface area contributed by atoms with Crippen LogP contribution in [-0.4, -0.2) is 72.6 Å².